The molecule has 11 heteroatoms. The summed E-state index contributed by atoms with van der Waals surface area (Å²) in [5, 5.41) is 20.0. The Morgan fingerprint density at radius 2 is 1.12 bits per heavy atom. The summed E-state index contributed by atoms with van der Waals surface area (Å²) in [4.78, 5) is 14.5. The first-order chi connectivity index (χ1) is 31.9. The second-order valence-corrected chi connectivity index (χ2v) is 16.4. The van der Waals surface area contributed by atoms with E-state index in [4.69, 9.17) is 33.9 Å². The average molecular weight is 867 g/mol. The fraction of sp³-hybridized carbons (Fsp3) is 0.241. The minimum Gasteiger partial charge on any atom is -0.497 e. The molecule has 5 unspecified atom stereocenters. The van der Waals surface area contributed by atoms with Gasteiger partial charge in [0.1, 0.15) is 41.2 Å². The van der Waals surface area contributed by atoms with Gasteiger partial charge in [0.15, 0.2) is 23.2 Å². The Labute approximate surface area is 380 Å². The molecule has 1 aliphatic heterocycles. The summed E-state index contributed by atoms with van der Waals surface area (Å²) in [5.74, 6) is 2.00. The van der Waals surface area contributed by atoms with Gasteiger partial charge in [0.05, 0.1) is 33.2 Å². The normalized spacial score (nSPS) is 18.0. The predicted octanol–water partition coefficient (Wildman–Crippen LogP) is 9.27. The monoisotopic (exact) mass is 866 g/mol. The summed E-state index contributed by atoms with van der Waals surface area (Å²) in [6.45, 7) is 4.36. The molecule has 6 aromatic carbocycles. The molecular formula is C54H54N6O5. The minimum atomic E-state index is -1.04. The van der Waals surface area contributed by atoms with Gasteiger partial charge in [0, 0.05) is 6.04 Å². The summed E-state index contributed by atoms with van der Waals surface area (Å²) in [6.07, 6.45) is 1.59. The van der Waals surface area contributed by atoms with E-state index in [-0.39, 0.29) is 12.6 Å². The molecule has 0 radical (unpaired) electrons. The van der Waals surface area contributed by atoms with E-state index in [1.807, 2.05) is 114 Å². The lowest BCUT2D eigenvalue weighted by Gasteiger charge is -2.37. The Morgan fingerprint density at radius 3 is 1.63 bits per heavy atom. The van der Waals surface area contributed by atoms with Gasteiger partial charge in [-0.2, -0.15) is 0 Å². The third-order valence-electron chi connectivity index (χ3n) is 12.7. The van der Waals surface area contributed by atoms with Gasteiger partial charge in [0.2, 0.25) is 0 Å². The number of aliphatic hydroxyl groups is 1. The van der Waals surface area contributed by atoms with E-state index in [2.05, 4.69) is 85.1 Å². The molecular weight excluding hydrogens is 813 g/mol. The van der Waals surface area contributed by atoms with Gasteiger partial charge in [0.25, 0.3) is 0 Å². The number of ether oxygens (including phenoxy) is 4. The molecule has 65 heavy (non-hydrogen) atoms. The number of methoxy groups -OCH3 is 2. The number of aromatic nitrogens is 4. The second-order valence-electron chi connectivity index (χ2n) is 16.4. The third kappa shape index (κ3) is 8.24. The van der Waals surface area contributed by atoms with Crippen LogP contribution in [0.2, 0.25) is 0 Å². The number of fused-ring (bicyclic) bond motifs is 1. The van der Waals surface area contributed by atoms with Crippen LogP contribution in [0.15, 0.2) is 183 Å². The fourth-order valence-corrected chi connectivity index (χ4v) is 9.14. The van der Waals surface area contributed by atoms with Crippen LogP contribution in [-0.4, -0.2) is 69.7 Å². The lowest BCUT2D eigenvalue weighted by molar-refractivity contribution is -0.0869. The largest absolute Gasteiger partial charge is 0.497 e. The van der Waals surface area contributed by atoms with Gasteiger partial charge in [-0.05, 0) is 71.0 Å². The van der Waals surface area contributed by atoms with E-state index in [1.54, 1.807) is 20.5 Å². The summed E-state index contributed by atoms with van der Waals surface area (Å²) < 4.78 is 27.2. The fourth-order valence-electron chi connectivity index (χ4n) is 9.14. The Kier molecular flexibility index (Phi) is 12.7. The van der Waals surface area contributed by atoms with Crippen molar-refractivity contribution >= 4 is 17.0 Å². The zero-order valence-electron chi connectivity index (χ0n) is 37.0. The number of aliphatic hydroxyl groups excluding tert-OH is 1. The van der Waals surface area contributed by atoms with Crippen molar-refractivity contribution in [1.29, 1.82) is 0 Å². The average Bonchev–Trinajstić information content (AvgIpc) is 3.94. The maximum absolute atomic E-state index is 12.4. The quantitative estimate of drug-likeness (QED) is 0.0764. The first-order valence-electron chi connectivity index (χ1n) is 22.1. The molecule has 11 nitrogen and oxygen atoms in total. The number of benzene rings is 6. The maximum Gasteiger partial charge on any atom is 0.167 e. The summed E-state index contributed by atoms with van der Waals surface area (Å²) in [5.41, 5.74) is 4.86. The van der Waals surface area contributed by atoms with Gasteiger partial charge in [-0.3, -0.25) is 4.57 Å². The van der Waals surface area contributed by atoms with Crippen molar-refractivity contribution in [2.75, 3.05) is 26.1 Å². The second kappa shape index (κ2) is 19.1. The number of anilines is 1. The van der Waals surface area contributed by atoms with Gasteiger partial charge in [-0.25, -0.2) is 15.0 Å². The number of rotatable bonds is 17. The smallest absolute Gasteiger partial charge is 0.167 e. The van der Waals surface area contributed by atoms with E-state index < -0.39 is 35.6 Å². The van der Waals surface area contributed by atoms with Crippen LogP contribution in [-0.2, 0) is 20.6 Å². The lowest BCUT2D eigenvalue weighted by atomic mass is 9.77. The minimum absolute atomic E-state index is 0.0776. The van der Waals surface area contributed by atoms with Crippen LogP contribution in [0.4, 0.5) is 5.82 Å². The van der Waals surface area contributed by atoms with Crippen molar-refractivity contribution in [2.45, 2.75) is 61.9 Å². The Hall–Kier alpha value is -6.89. The molecule has 3 N–H and O–H groups in total. The highest BCUT2D eigenvalue weighted by Gasteiger charge is 2.48. The molecule has 5 atom stereocenters. The Morgan fingerprint density at radius 1 is 0.646 bits per heavy atom. The zero-order chi connectivity index (χ0) is 44.8. The highest BCUT2D eigenvalue weighted by Crippen LogP contribution is 2.44. The molecule has 8 aromatic rings. The summed E-state index contributed by atoms with van der Waals surface area (Å²) in [7, 11) is 3.33. The molecule has 3 heterocycles. The topological polar surface area (TPSA) is 125 Å². The molecule has 0 spiro atoms. The van der Waals surface area contributed by atoms with Crippen LogP contribution in [0.25, 0.3) is 11.2 Å². The number of imidazole rings is 1. The van der Waals surface area contributed by atoms with Crippen molar-refractivity contribution in [1.82, 2.24) is 24.8 Å². The number of hydrogen-bond donors (Lipinski definition) is 3. The van der Waals surface area contributed by atoms with Gasteiger partial charge >= 0.3 is 0 Å². The molecule has 9 rings (SSSR count). The van der Waals surface area contributed by atoms with Gasteiger partial charge in [-0.1, -0.05) is 153 Å². The lowest BCUT2D eigenvalue weighted by Crippen LogP contribution is -2.50. The summed E-state index contributed by atoms with van der Waals surface area (Å²) in [6, 6.07) is 56.6. The Balaban J connectivity index is 1.11. The van der Waals surface area contributed by atoms with Crippen molar-refractivity contribution in [2.24, 2.45) is 0 Å². The van der Waals surface area contributed by atoms with Crippen LogP contribution in [0, 0.1) is 0 Å². The highest BCUT2D eigenvalue weighted by molar-refractivity contribution is 5.84. The first kappa shape index (κ1) is 43.4. The van der Waals surface area contributed by atoms with Crippen molar-refractivity contribution in [3.63, 3.8) is 0 Å². The van der Waals surface area contributed by atoms with Crippen LogP contribution < -0.4 is 20.1 Å². The van der Waals surface area contributed by atoms with Crippen LogP contribution in [0.1, 0.15) is 59.9 Å². The maximum atomic E-state index is 12.4. The number of hydrogen-bond acceptors (Lipinski definition) is 10. The molecule has 1 fully saturated rings. The van der Waals surface area contributed by atoms with Gasteiger partial charge in [-0.15, -0.1) is 0 Å². The van der Waals surface area contributed by atoms with Crippen LogP contribution in [0.3, 0.4) is 0 Å². The highest BCUT2D eigenvalue weighted by atomic mass is 16.6. The molecule has 0 aliphatic carbocycles. The predicted molar refractivity (Wildman–Crippen MR) is 253 cm³/mol. The molecule has 0 amide bonds. The molecule has 1 aliphatic rings. The molecule has 1 saturated heterocycles. The van der Waals surface area contributed by atoms with Crippen molar-refractivity contribution in [3.8, 4) is 11.5 Å². The summed E-state index contributed by atoms with van der Waals surface area (Å²) >= 11 is 0. The first-order valence-corrected chi connectivity index (χ1v) is 22.1. The van der Waals surface area contributed by atoms with Crippen LogP contribution in [0.5, 0.6) is 11.5 Å². The molecule has 2 aromatic heterocycles. The van der Waals surface area contributed by atoms with E-state index in [1.165, 1.54) is 6.33 Å². The number of nitrogens with zero attached hydrogens (tertiary/aromatic N) is 4. The van der Waals surface area contributed by atoms with E-state index in [0.717, 1.165) is 51.3 Å². The Bertz CT molecular complexity index is 2680. The zero-order valence-corrected chi connectivity index (χ0v) is 37.0. The third-order valence-corrected chi connectivity index (χ3v) is 12.7. The van der Waals surface area contributed by atoms with Crippen molar-refractivity contribution < 1.29 is 24.1 Å². The molecule has 0 bridgehead atoms. The van der Waals surface area contributed by atoms with E-state index in [0.29, 0.717) is 17.0 Å². The number of nitrogens with one attached hydrogen (secondary N) is 2. The SMILES string of the molecule is CCC(C)NC1C(COC(c2ccccc2)(c2ccccc2)c2ccc(OC)cc2)OC(n2cnc3c(NC(c4ccccc4)(c4ccccc4)c4ccc(OC)cc4)ncnc32)C1O. The van der Waals surface area contributed by atoms with E-state index in [9.17, 15) is 5.11 Å². The van der Waals surface area contributed by atoms with Crippen LogP contribution >= 0.6 is 0 Å². The standard InChI is InChI=1S/C54H54N6O5/c1-5-37(2)58-47-46(34-64-54(41-22-14-8-15-23-41,42-24-16-9-17-25-42)43-28-32-45(63-4)33-29-43)65-52(49(47)61)60-36-57-48-50(55-35-56-51(48)60)59-53(38-18-10-6-11-19-38,39-20-12-7-13-21-39)40-26-30-44(62-3)31-27-40/h6-33,35-37,46-47,49,52,58,61H,5,34H2,1-4H3,(H,55,56,59). The van der Waals surface area contributed by atoms with E-state index >= 15 is 0 Å². The molecule has 330 valence electrons. The van der Waals surface area contributed by atoms with Crippen molar-refractivity contribution in [3.05, 3.63) is 216 Å². The molecule has 0 saturated carbocycles. The van der Waals surface area contributed by atoms with Gasteiger partial charge < -0.3 is 34.7 Å².